The van der Waals surface area contributed by atoms with Gasteiger partial charge in [-0.15, -0.1) is 10.2 Å². The molecule has 0 aromatic carbocycles. The number of ether oxygens (including phenoxy) is 2. The van der Waals surface area contributed by atoms with Crippen LogP contribution in [0.4, 0.5) is 0 Å². The molecule has 9 heteroatoms. The summed E-state index contributed by atoms with van der Waals surface area (Å²) < 4.78 is 12.6. The normalized spacial score (nSPS) is 22.3. The molecule has 1 saturated heterocycles. The van der Waals surface area contributed by atoms with E-state index in [0.29, 0.717) is 30.7 Å². The lowest BCUT2D eigenvalue weighted by Gasteiger charge is -2.27. The molecule has 0 amide bonds. The summed E-state index contributed by atoms with van der Waals surface area (Å²) in [6.45, 7) is 1.23. The zero-order chi connectivity index (χ0) is 14.6. The number of rotatable bonds is 7. The lowest BCUT2D eigenvalue weighted by Crippen LogP contribution is -2.37. The molecule has 0 saturated carbocycles. The van der Waals surface area contributed by atoms with Gasteiger partial charge in [-0.05, 0) is 0 Å². The number of aromatic nitrogens is 3. The molecule has 112 valence electrons. The topological polar surface area (TPSA) is 107 Å². The molecule has 2 heterocycles. The molecule has 0 radical (unpaired) electrons. The predicted molar refractivity (Wildman–Crippen MR) is 69.5 cm³/mol. The van der Waals surface area contributed by atoms with Gasteiger partial charge in [-0.1, -0.05) is 11.8 Å². The Morgan fingerprint density at radius 2 is 2.40 bits per heavy atom. The monoisotopic (exact) mass is 303 g/mol. The summed E-state index contributed by atoms with van der Waals surface area (Å²) in [4.78, 5) is 10.7. The quantitative estimate of drug-likeness (QED) is 0.664. The molecule has 1 unspecified atom stereocenters. The van der Waals surface area contributed by atoms with Crippen LogP contribution < -0.4 is 0 Å². The minimum absolute atomic E-state index is 0.111. The van der Waals surface area contributed by atoms with Crippen molar-refractivity contribution in [1.29, 1.82) is 0 Å². The highest BCUT2D eigenvalue weighted by Crippen LogP contribution is 2.27. The molecule has 1 aliphatic heterocycles. The van der Waals surface area contributed by atoms with E-state index < -0.39 is 11.6 Å². The fourth-order valence-corrected chi connectivity index (χ4v) is 2.73. The number of hydrogen-bond acceptors (Lipinski definition) is 7. The predicted octanol–water partition coefficient (Wildman–Crippen LogP) is -0.247. The van der Waals surface area contributed by atoms with Crippen LogP contribution in [0.2, 0.25) is 0 Å². The fourth-order valence-electron chi connectivity index (χ4n) is 2.05. The van der Waals surface area contributed by atoms with Crippen molar-refractivity contribution >= 4 is 17.7 Å². The second-order valence-electron chi connectivity index (χ2n) is 4.52. The standard InChI is InChI=1S/C11H17N3O5S/c1-18-11(2-3-19-7-11)6-14-8(4-15)12-13-10(14)20-5-9(16)17/h15H,2-7H2,1H3,(H,16,17). The molecule has 8 nitrogen and oxygen atoms in total. The van der Waals surface area contributed by atoms with Crippen LogP contribution in [0.1, 0.15) is 12.2 Å². The Labute approximate surface area is 120 Å². The van der Waals surface area contributed by atoms with E-state index in [-0.39, 0.29) is 12.4 Å². The van der Waals surface area contributed by atoms with E-state index in [4.69, 9.17) is 14.6 Å². The molecule has 1 aliphatic rings. The molecule has 20 heavy (non-hydrogen) atoms. The van der Waals surface area contributed by atoms with Gasteiger partial charge in [0, 0.05) is 20.1 Å². The van der Waals surface area contributed by atoms with Crippen LogP contribution in [0.3, 0.4) is 0 Å². The van der Waals surface area contributed by atoms with Crippen molar-refractivity contribution in [2.24, 2.45) is 0 Å². The maximum atomic E-state index is 10.7. The highest BCUT2D eigenvalue weighted by molar-refractivity contribution is 7.99. The molecule has 0 aliphatic carbocycles. The third kappa shape index (κ3) is 3.29. The summed E-state index contributed by atoms with van der Waals surface area (Å²) >= 11 is 1.07. The van der Waals surface area contributed by atoms with Crippen molar-refractivity contribution in [2.45, 2.75) is 30.3 Å². The summed E-state index contributed by atoms with van der Waals surface area (Å²) in [5, 5.41) is 26.3. The first kappa shape index (κ1) is 15.2. The molecule has 1 atom stereocenters. The number of nitrogens with zero attached hydrogens (tertiary/aromatic N) is 3. The van der Waals surface area contributed by atoms with Crippen molar-refractivity contribution in [3.8, 4) is 0 Å². The second kappa shape index (κ2) is 6.53. The van der Waals surface area contributed by atoms with Gasteiger partial charge in [0.15, 0.2) is 11.0 Å². The number of aliphatic hydroxyl groups excluding tert-OH is 1. The summed E-state index contributed by atoms with van der Waals surface area (Å²) in [6, 6.07) is 0. The Morgan fingerprint density at radius 3 is 2.95 bits per heavy atom. The van der Waals surface area contributed by atoms with Crippen molar-refractivity contribution < 1.29 is 24.5 Å². The van der Waals surface area contributed by atoms with Gasteiger partial charge in [0.2, 0.25) is 0 Å². The number of carboxylic acid groups (broad SMARTS) is 1. The zero-order valence-electron chi connectivity index (χ0n) is 11.1. The van der Waals surface area contributed by atoms with E-state index in [1.807, 2.05) is 0 Å². The highest BCUT2D eigenvalue weighted by atomic mass is 32.2. The Hall–Kier alpha value is -1.16. The smallest absolute Gasteiger partial charge is 0.313 e. The first-order valence-electron chi connectivity index (χ1n) is 6.10. The molecule has 0 spiro atoms. The van der Waals surface area contributed by atoms with Crippen molar-refractivity contribution in [3.05, 3.63) is 5.82 Å². The van der Waals surface area contributed by atoms with Crippen molar-refractivity contribution in [1.82, 2.24) is 14.8 Å². The first-order chi connectivity index (χ1) is 9.60. The molecule has 1 fully saturated rings. The largest absolute Gasteiger partial charge is 0.481 e. The number of methoxy groups -OCH3 is 1. The Morgan fingerprint density at radius 1 is 1.60 bits per heavy atom. The number of carboxylic acids is 1. The van der Waals surface area contributed by atoms with Gasteiger partial charge in [0.1, 0.15) is 12.2 Å². The van der Waals surface area contributed by atoms with E-state index in [2.05, 4.69) is 10.2 Å². The number of thioether (sulfide) groups is 1. The minimum atomic E-state index is -0.930. The van der Waals surface area contributed by atoms with Crippen LogP contribution >= 0.6 is 11.8 Å². The van der Waals surface area contributed by atoms with Gasteiger partial charge < -0.3 is 24.3 Å². The van der Waals surface area contributed by atoms with E-state index in [1.54, 1.807) is 11.7 Å². The Bertz CT molecular complexity index is 473. The number of hydrogen-bond donors (Lipinski definition) is 2. The van der Waals surface area contributed by atoms with Gasteiger partial charge in [-0.3, -0.25) is 4.79 Å². The van der Waals surface area contributed by atoms with Gasteiger partial charge in [0.05, 0.1) is 18.9 Å². The molecule has 2 rings (SSSR count). The summed E-state index contributed by atoms with van der Waals surface area (Å²) in [5.41, 5.74) is -0.481. The molecule has 1 aromatic heterocycles. The average Bonchev–Trinajstić information content (AvgIpc) is 3.04. The molecule has 0 bridgehead atoms. The van der Waals surface area contributed by atoms with Crippen LogP contribution in [0.15, 0.2) is 5.16 Å². The third-order valence-corrected chi connectivity index (χ3v) is 4.16. The van der Waals surface area contributed by atoms with Crippen LogP contribution in [-0.4, -0.2) is 62.6 Å². The van der Waals surface area contributed by atoms with Crippen LogP contribution in [0.25, 0.3) is 0 Å². The van der Waals surface area contributed by atoms with Crippen molar-refractivity contribution in [2.75, 3.05) is 26.1 Å². The van der Waals surface area contributed by atoms with Gasteiger partial charge in [-0.25, -0.2) is 0 Å². The zero-order valence-corrected chi connectivity index (χ0v) is 11.9. The van der Waals surface area contributed by atoms with E-state index >= 15 is 0 Å². The SMILES string of the molecule is COC1(Cn2c(CO)nnc2SCC(=O)O)CCOC1. The molecule has 1 aromatic rings. The van der Waals surface area contributed by atoms with Crippen LogP contribution in [-0.2, 0) is 27.4 Å². The van der Waals surface area contributed by atoms with Gasteiger partial charge in [-0.2, -0.15) is 0 Å². The number of aliphatic hydroxyl groups is 1. The Balaban J connectivity index is 2.19. The van der Waals surface area contributed by atoms with E-state index in [0.717, 1.165) is 18.2 Å². The fraction of sp³-hybridized carbons (Fsp3) is 0.727. The van der Waals surface area contributed by atoms with Crippen LogP contribution in [0, 0.1) is 0 Å². The third-order valence-electron chi connectivity index (χ3n) is 3.21. The van der Waals surface area contributed by atoms with E-state index in [1.165, 1.54) is 0 Å². The van der Waals surface area contributed by atoms with Crippen LogP contribution in [0.5, 0.6) is 0 Å². The lowest BCUT2D eigenvalue weighted by molar-refractivity contribution is -0.133. The maximum absolute atomic E-state index is 10.7. The minimum Gasteiger partial charge on any atom is -0.481 e. The van der Waals surface area contributed by atoms with Gasteiger partial charge in [0.25, 0.3) is 0 Å². The number of carbonyl (C=O) groups is 1. The Kier molecular flexibility index (Phi) is 4.97. The highest BCUT2D eigenvalue weighted by Gasteiger charge is 2.36. The van der Waals surface area contributed by atoms with Crippen molar-refractivity contribution in [3.63, 3.8) is 0 Å². The lowest BCUT2D eigenvalue weighted by atomic mass is 10.0. The molecular formula is C11H17N3O5S. The average molecular weight is 303 g/mol. The summed E-state index contributed by atoms with van der Waals surface area (Å²) in [6.07, 6.45) is 0.732. The second-order valence-corrected chi connectivity index (χ2v) is 5.46. The maximum Gasteiger partial charge on any atom is 0.313 e. The van der Waals surface area contributed by atoms with E-state index in [9.17, 15) is 9.90 Å². The van der Waals surface area contributed by atoms with Gasteiger partial charge >= 0.3 is 5.97 Å². The number of aliphatic carboxylic acids is 1. The molecule has 2 N–H and O–H groups in total. The summed E-state index contributed by atoms with van der Waals surface area (Å²) in [7, 11) is 1.61. The summed E-state index contributed by atoms with van der Waals surface area (Å²) in [5.74, 6) is -0.651. The molecular weight excluding hydrogens is 286 g/mol. The first-order valence-corrected chi connectivity index (χ1v) is 7.09.